The van der Waals surface area contributed by atoms with Crippen LogP contribution in [0, 0.1) is 5.82 Å². The van der Waals surface area contributed by atoms with Crippen LogP contribution in [0.25, 0.3) is 0 Å². The van der Waals surface area contributed by atoms with Gasteiger partial charge in [-0.25, -0.2) is 4.39 Å². The van der Waals surface area contributed by atoms with Crippen molar-refractivity contribution in [3.63, 3.8) is 0 Å². The van der Waals surface area contributed by atoms with E-state index >= 15 is 0 Å². The van der Waals surface area contributed by atoms with E-state index in [4.69, 9.17) is 5.73 Å². The minimum atomic E-state index is -0.214. The molecule has 0 amide bonds. The summed E-state index contributed by atoms with van der Waals surface area (Å²) in [7, 11) is 2.02. The molecule has 0 radical (unpaired) electrons. The van der Waals surface area contributed by atoms with Gasteiger partial charge in [0.2, 0.25) is 0 Å². The van der Waals surface area contributed by atoms with E-state index in [2.05, 4.69) is 36.1 Å². The van der Waals surface area contributed by atoms with Gasteiger partial charge in [0.1, 0.15) is 5.82 Å². The third-order valence-corrected chi connectivity index (χ3v) is 4.05. The maximum Gasteiger partial charge on any atom is 0.123 e. The minimum absolute atomic E-state index is 0.214. The lowest BCUT2D eigenvalue weighted by Crippen LogP contribution is -2.38. The molecule has 2 aromatic carbocycles. The summed E-state index contributed by atoms with van der Waals surface area (Å²) < 4.78 is 13.0. The SMILES string of the molecule is CC(CC(CN)N(C)c1ccc(F)cc1)c1ccccc1. The van der Waals surface area contributed by atoms with Crippen molar-refractivity contribution in [2.75, 3.05) is 18.5 Å². The van der Waals surface area contributed by atoms with Gasteiger partial charge >= 0.3 is 0 Å². The van der Waals surface area contributed by atoms with E-state index in [1.54, 1.807) is 12.1 Å². The predicted octanol–water partition coefficient (Wildman–Crippen LogP) is 3.78. The summed E-state index contributed by atoms with van der Waals surface area (Å²) in [5, 5.41) is 0. The Labute approximate surface area is 126 Å². The summed E-state index contributed by atoms with van der Waals surface area (Å²) in [5.41, 5.74) is 8.27. The highest BCUT2D eigenvalue weighted by molar-refractivity contribution is 5.46. The Morgan fingerprint density at radius 1 is 1.05 bits per heavy atom. The number of anilines is 1. The molecule has 2 rings (SSSR count). The number of hydrogen-bond acceptors (Lipinski definition) is 2. The Kier molecular flexibility index (Phi) is 5.34. The van der Waals surface area contributed by atoms with Gasteiger partial charge in [0, 0.05) is 25.3 Å². The van der Waals surface area contributed by atoms with Gasteiger partial charge in [-0.3, -0.25) is 0 Å². The molecular formula is C18H23FN2. The number of nitrogens with zero attached hydrogens (tertiary/aromatic N) is 1. The van der Waals surface area contributed by atoms with Crippen molar-refractivity contribution in [2.24, 2.45) is 5.73 Å². The predicted molar refractivity (Wildman–Crippen MR) is 87.1 cm³/mol. The highest BCUT2D eigenvalue weighted by atomic mass is 19.1. The number of hydrogen-bond donors (Lipinski definition) is 1. The number of likely N-dealkylation sites (N-methyl/N-ethyl adjacent to an activating group) is 1. The third kappa shape index (κ3) is 4.05. The summed E-state index contributed by atoms with van der Waals surface area (Å²) in [4.78, 5) is 2.14. The van der Waals surface area contributed by atoms with Gasteiger partial charge < -0.3 is 10.6 Å². The second kappa shape index (κ2) is 7.23. The zero-order valence-corrected chi connectivity index (χ0v) is 12.7. The quantitative estimate of drug-likeness (QED) is 0.875. The molecule has 0 aliphatic carbocycles. The molecular weight excluding hydrogens is 263 g/mol. The lowest BCUT2D eigenvalue weighted by molar-refractivity contribution is 0.535. The lowest BCUT2D eigenvalue weighted by Gasteiger charge is -2.31. The molecule has 2 aromatic rings. The van der Waals surface area contributed by atoms with Crippen LogP contribution in [-0.2, 0) is 0 Å². The number of rotatable bonds is 6. The molecule has 2 N–H and O–H groups in total. The number of nitrogens with two attached hydrogens (primary N) is 1. The molecule has 0 fully saturated rings. The van der Waals surface area contributed by atoms with Crippen molar-refractivity contribution in [1.29, 1.82) is 0 Å². The van der Waals surface area contributed by atoms with Crippen LogP contribution in [0.1, 0.15) is 24.8 Å². The topological polar surface area (TPSA) is 29.3 Å². The molecule has 0 aromatic heterocycles. The van der Waals surface area contributed by atoms with Crippen molar-refractivity contribution >= 4 is 5.69 Å². The zero-order chi connectivity index (χ0) is 15.2. The summed E-state index contributed by atoms with van der Waals surface area (Å²) >= 11 is 0. The maximum atomic E-state index is 13.0. The Morgan fingerprint density at radius 2 is 1.67 bits per heavy atom. The van der Waals surface area contributed by atoms with Gasteiger partial charge in [-0.1, -0.05) is 37.3 Å². The van der Waals surface area contributed by atoms with E-state index in [0.717, 1.165) is 12.1 Å². The van der Waals surface area contributed by atoms with E-state index in [1.165, 1.54) is 17.7 Å². The largest absolute Gasteiger partial charge is 0.370 e. The summed E-state index contributed by atoms with van der Waals surface area (Å²) in [6.07, 6.45) is 0.967. The van der Waals surface area contributed by atoms with Crippen LogP contribution in [0.4, 0.5) is 10.1 Å². The van der Waals surface area contributed by atoms with Crippen molar-refractivity contribution in [2.45, 2.75) is 25.3 Å². The van der Waals surface area contributed by atoms with Crippen LogP contribution < -0.4 is 10.6 Å². The van der Waals surface area contributed by atoms with E-state index in [0.29, 0.717) is 12.5 Å². The molecule has 21 heavy (non-hydrogen) atoms. The Hall–Kier alpha value is -1.87. The second-order valence-corrected chi connectivity index (χ2v) is 5.52. The van der Waals surface area contributed by atoms with Crippen molar-refractivity contribution in [1.82, 2.24) is 0 Å². The summed E-state index contributed by atoms with van der Waals surface area (Å²) in [6, 6.07) is 17.2. The van der Waals surface area contributed by atoms with Gasteiger partial charge in [-0.2, -0.15) is 0 Å². The Bertz CT molecular complexity index is 539. The number of benzene rings is 2. The first-order valence-corrected chi connectivity index (χ1v) is 7.35. The van der Waals surface area contributed by atoms with Crippen LogP contribution in [0.3, 0.4) is 0 Å². The fraction of sp³-hybridized carbons (Fsp3) is 0.333. The van der Waals surface area contributed by atoms with E-state index in [1.807, 2.05) is 13.1 Å². The van der Waals surface area contributed by atoms with Crippen LogP contribution in [-0.4, -0.2) is 19.6 Å². The molecule has 2 unspecified atom stereocenters. The standard InChI is InChI=1S/C18H23FN2/c1-14(15-6-4-3-5-7-15)12-18(13-20)21(2)17-10-8-16(19)9-11-17/h3-11,14,18H,12-13,20H2,1-2H3. The molecule has 112 valence electrons. The smallest absolute Gasteiger partial charge is 0.123 e. The van der Waals surface area contributed by atoms with Gasteiger partial charge in [0.25, 0.3) is 0 Å². The maximum absolute atomic E-state index is 13.0. The first-order valence-electron chi connectivity index (χ1n) is 7.35. The Morgan fingerprint density at radius 3 is 2.24 bits per heavy atom. The first kappa shape index (κ1) is 15.5. The fourth-order valence-corrected chi connectivity index (χ4v) is 2.63. The molecule has 0 saturated carbocycles. The molecule has 0 heterocycles. The first-order chi connectivity index (χ1) is 10.1. The van der Waals surface area contributed by atoms with Crippen LogP contribution in [0.5, 0.6) is 0 Å². The third-order valence-electron chi connectivity index (χ3n) is 4.05. The molecule has 2 atom stereocenters. The van der Waals surface area contributed by atoms with E-state index in [9.17, 15) is 4.39 Å². The fourth-order valence-electron chi connectivity index (χ4n) is 2.63. The van der Waals surface area contributed by atoms with Gasteiger partial charge in [0.15, 0.2) is 0 Å². The van der Waals surface area contributed by atoms with Gasteiger partial charge in [-0.15, -0.1) is 0 Å². The van der Waals surface area contributed by atoms with Crippen molar-refractivity contribution in [3.05, 3.63) is 66.0 Å². The molecule has 3 heteroatoms. The summed E-state index contributed by atoms with van der Waals surface area (Å²) in [6.45, 7) is 2.79. The highest BCUT2D eigenvalue weighted by Crippen LogP contribution is 2.24. The second-order valence-electron chi connectivity index (χ2n) is 5.52. The van der Waals surface area contributed by atoms with E-state index < -0.39 is 0 Å². The Balaban J connectivity index is 2.07. The monoisotopic (exact) mass is 286 g/mol. The molecule has 0 aliphatic rings. The molecule has 0 spiro atoms. The highest BCUT2D eigenvalue weighted by Gasteiger charge is 2.18. The molecule has 0 bridgehead atoms. The zero-order valence-electron chi connectivity index (χ0n) is 12.7. The molecule has 2 nitrogen and oxygen atoms in total. The van der Waals surface area contributed by atoms with Gasteiger partial charge in [0.05, 0.1) is 0 Å². The minimum Gasteiger partial charge on any atom is -0.370 e. The van der Waals surface area contributed by atoms with Gasteiger partial charge in [-0.05, 0) is 42.2 Å². The van der Waals surface area contributed by atoms with Crippen LogP contribution in [0.15, 0.2) is 54.6 Å². The van der Waals surface area contributed by atoms with Crippen LogP contribution >= 0.6 is 0 Å². The normalized spacial score (nSPS) is 13.7. The summed E-state index contributed by atoms with van der Waals surface area (Å²) in [5.74, 6) is 0.219. The molecule has 0 aliphatic heterocycles. The van der Waals surface area contributed by atoms with Crippen molar-refractivity contribution < 1.29 is 4.39 Å². The lowest BCUT2D eigenvalue weighted by atomic mass is 9.93. The van der Waals surface area contributed by atoms with E-state index in [-0.39, 0.29) is 11.9 Å². The van der Waals surface area contributed by atoms with Crippen molar-refractivity contribution in [3.8, 4) is 0 Å². The average molecular weight is 286 g/mol. The molecule has 0 saturated heterocycles. The average Bonchev–Trinajstić information content (AvgIpc) is 2.53. The number of halogens is 1. The van der Waals surface area contributed by atoms with Crippen LogP contribution in [0.2, 0.25) is 0 Å².